The number of halogens is 1. The molecule has 0 spiro atoms. The minimum Gasteiger partial charge on any atom is -0.506 e. The molecule has 0 saturated carbocycles. The van der Waals surface area contributed by atoms with Crippen LogP contribution in [0.2, 0.25) is 5.02 Å². The highest BCUT2D eigenvalue weighted by atomic mass is 35.5. The molecule has 8 nitrogen and oxygen atoms in total. The van der Waals surface area contributed by atoms with Crippen LogP contribution in [0.5, 0.6) is 5.75 Å². The molecule has 34 heavy (non-hydrogen) atoms. The summed E-state index contributed by atoms with van der Waals surface area (Å²) >= 11 is 5.87. The van der Waals surface area contributed by atoms with Crippen molar-refractivity contribution in [1.29, 1.82) is 0 Å². The number of aromatic hydroxyl groups is 1. The van der Waals surface area contributed by atoms with Crippen molar-refractivity contribution >= 4 is 40.0 Å². The number of amides is 2. The second-order valence-electron chi connectivity index (χ2n) is 8.50. The van der Waals surface area contributed by atoms with Crippen LogP contribution in [-0.2, 0) is 22.5 Å². The van der Waals surface area contributed by atoms with Crippen LogP contribution in [0.1, 0.15) is 21.6 Å². The number of phenols is 1. The predicted octanol–water partition coefficient (Wildman–Crippen LogP) is 3.06. The number of para-hydroxylation sites is 1. The number of morpholine rings is 1. The molecule has 2 aromatic carbocycles. The van der Waals surface area contributed by atoms with Crippen molar-refractivity contribution in [1.82, 2.24) is 14.8 Å². The number of carbonyl (C=O) groups excluding carboxylic acids is 2. The summed E-state index contributed by atoms with van der Waals surface area (Å²) in [4.78, 5) is 35.0. The molecular formula is C25H25ClN4O4. The molecule has 0 radical (unpaired) electrons. The first-order chi connectivity index (χ1) is 16.5. The van der Waals surface area contributed by atoms with E-state index in [1.54, 1.807) is 12.1 Å². The maximum Gasteiger partial charge on any atom is 0.255 e. The van der Waals surface area contributed by atoms with Crippen LogP contribution in [-0.4, -0.2) is 71.1 Å². The number of benzene rings is 2. The number of pyridine rings is 1. The minimum atomic E-state index is -0.254. The van der Waals surface area contributed by atoms with Gasteiger partial charge >= 0.3 is 0 Å². The summed E-state index contributed by atoms with van der Waals surface area (Å²) in [5, 5.41) is 14.0. The number of phenolic OH excluding ortho intramolecular Hbond substituents is 1. The third-order valence-electron chi connectivity index (χ3n) is 6.24. The smallest absolute Gasteiger partial charge is 0.255 e. The zero-order valence-corrected chi connectivity index (χ0v) is 19.3. The van der Waals surface area contributed by atoms with Gasteiger partial charge < -0.3 is 20.1 Å². The summed E-state index contributed by atoms with van der Waals surface area (Å²) in [6.07, 6.45) is 0.642. The lowest BCUT2D eigenvalue weighted by Gasteiger charge is -2.32. The maximum absolute atomic E-state index is 13.6. The van der Waals surface area contributed by atoms with Gasteiger partial charge in [-0.3, -0.25) is 19.5 Å². The third kappa shape index (κ3) is 4.57. The van der Waals surface area contributed by atoms with Crippen molar-refractivity contribution in [3.63, 3.8) is 0 Å². The first kappa shape index (κ1) is 22.6. The van der Waals surface area contributed by atoms with Crippen LogP contribution in [0.3, 0.4) is 0 Å². The molecule has 3 heterocycles. The Balaban J connectivity index is 1.41. The minimum absolute atomic E-state index is 0.0180. The van der Waals surface area contributed by atoms with Gasteiger partial charge in [-0.25, -0.2) is 0 Å². The lowest BCUT2D eigenvalue weighted by molar-refractivity contribution is -0.117. The highest BCUT2D eigenvalue weighted by molar-refractivity contribution is 6.30. The first-order valence-corrected chi connectivity index (χ1v) is 11.7. The molecule has 9 heteroatoms. The van der Waals surface area contributed by atoms with Gasteiger partial charge in [0.1, 0.15) is 5.75 Å². The molecular weight excluding hydrogens is 456 g/mol. The number of hydrogen-bond acceptors (Lipinski definition) is 6. The van der Waals surface area contributed by atoms with Gasteiger partial charge in [0.05, 0.1) is 36.5 Å². The van der Waals surface area contributed by atoms with Crippen LogP contribution in [0.15, 0.2) is 42.5 Å². The van der Waals surface area contributed by atoms with E-state index in [4.69, 9.17) is 21.3 Å². The van der Waals surface area contributed by atoms with E-state index in [0.29, 0.717) is 62.1 Å². The Labute approximate surface area is 202 Å². The number of hydrogen-bond donors (Lipinski definition) is 2. The summed E-state index contributed by atoms with van der Waals surface area (Å²) in [7, 11) is 0. The second-order valence-corrected chi connectivity index (χ2v) is 8.94. The molecule has 1 saturated heterocycles. The van der Waals surface area contributed by atoms with E-state index in [9.17, 15) is 14.7 Å². The molecule has 2 amide bonds. The number of carbonyl (C=O) groups is 2. The molecule has 0 atom stereocenters. The Hall–Kier alpha value is -3.20. The van der Waals surface area contributed by atoms with Crippen LogP contribution < -0.4 is 5.32 Å². The van der Waals surface area contributed by atoms with E-state index in [1.165, 1.54) is 6.07 Å². The standard InChI is InChI=1S/C25H25ClN4O4/c26-16-5-6-21(22(31)13-16)28-23(32)15-29-8-7-20-18(14-29)24(17-3-1-2-4-19(17)27-20)25(33)30-9-11-34-12-10-30/h1-6,13,31H,7-12,14-15H2,(H,28,32). The molecule has 2 aliphatic heterocycles. The highest BCUT2D eigenvalue weighted by Gasteiger charge is 2.29. The maximum atomic E-state index is 13.6. The lowest BCUT2D eigenvalue weighted by Crippen LogP contribution is -2.42. The fourth-order valence-corrected chi connectivity index (χ4v) is 4.72. The average molecular weight is 481 g/mol. The summed E-state index contributed by atoms with van der Waals surface area (Å²) in [6.45, 7) is 3.38. The zero-order chi connectivity index (χ0) is 23.7. The predicted molar refractivity (Wildman–Crippen MR) is 129 cm³/mol. The van der Waals surface area contributed by atoms with Gasteiger partial charge in [-0.1, -0.05) is 29.8 Å². The topological polar surface area (TPSA) is 95.0 Å². The number of anilines is 1. The number of nitrogens with one attached hydrogen (secondary N) is 1. The lowest BCUT2D eigenvalue weighted by atomic mass is 9.94. The normalized spacial score (nSPS) is 16.3. The van der Waals surface area contributed by atoms with E-state index >= 15 is 0 Å². The quantitative estimate of drug-likeness (QED) is 0.557. The van der Waals surface area contributed by atoms with E-state index in [1.807, 2.05) is 34.1 Å². The first-order valence-electron chi connectivity index (χ1n) is 11.3. The van der Waals surface area contributed by atoms with Gasteiger partial charge in [-0.05, 0) is 18.2 Å². The number of rotatable bonds is 4. The van der Waals surface area contributed by atoms with Gasteiger partial charge in [0.2, 0.25) is 5.91 Å². The number of aromatic nitrogens is 1. The number of nitrogens with zero attached hydrogens (tertiary/aromatic N) is 3. The van der Waals surface area contributed by atoms with E-state index in [0.717, 1.165) is 22.2 Å². The number of ether oxygens (including phenoxy) is 1. The zero-order valence-electron chi connectivity index (χ0n) is 18.6. The largest absolute Gasteiger partial charge is 0.506 e. The van der Waals surface area contributed by atoms with Crippen molar-refractivity contribution < 1.29 is 19.4 Å². The highest BCUT2D eigenvalue weighted by Crippen LogP contribution is 2.30. The molecule has 2 aliphatic rings. The van der Waals surface area contributed by atoms with Crippen molar-refractivity contribution in [3.05, 3.63) is 64.3 Å². The van der Waals surface area contributed by atoms with E-state index in [2.05, 4.69) is 5.32 Å². The monoisotopic (exact) mass is 480 g/mol. The fourth-order valence-electron chi connectivity index (χ4n) is 4.55. The molecule has 0 bridgehead atoms. The molecule has 1 aromatic heterocycles. The summed E-state index contributed by atoms with van der Waals surface area (Å²) in [5.74, 6) is -0.356. The fraction of sp³-hybridized carbons (Fsp3) is 0.320. The second kappa shape index (κ2) is 9.58. The molecule has 5 rings (SSSR count). The van der Waals surface area contributed by atoms with Gasteiger partial charge in [0, 0.05) is 60.3 Å². The Morgan fingerprint density at radius 3 is 2.71 bits per heavy atom. The van der Waals surface area contributed by atoms with E-state index in [-0.39, 0.29) is 24.1 Å². The van der Waals surface area contributed by atoms with Gasteiger partial charge in [0.15, 0.2) is 0 Å². The van der Waals surface area contributed by atoms with Crippen LogP contribution in [0, 0.1) is 0 Å². The molecule has 1 fully saturated rings. The Morgan fingerprint density at radius 2 is 1.91 bits per heavy atom. The summed E-state index contributed by atoms with van der Waals surface area (Å²) in [6, 6.07) is 12.3. The molecule has 176 valence electrons. The van der Waals surface area contributed by atoms with Gasteiger partial charge in [-0.2, -0.15) is 0 Å². The van der Waals surface area contributed by atoms with Crippen molar-refractivity contribution in [2.24, 2.45) is 0 Å². The Bertz CT molecular complexity index is 1260. The van der Waals surface area contributed by atoms with Crippen molar-refractivity contribution in [3.8, 4) is 5.75 Å². The molecule has 0 unspecified atom stereocenters. The molecule has 2 N–H and O–H groups in total. The number of fused-ring (bicyclic) bond motifs is 2. The van der Waals surface area contributed by atoms with E-state index < -0.39 is 0 Å². The van der Waals surface area contributed by atoms with Crippen LogP contribution in [0.25, 0.3) is 10.9 Å². The Morgan fingerprint density at radius 1 is 1.12 bits per heavy atom. The summed E-state index contributed by atoms with van der Waals surface area (Å²) < 4.78 is 5.43. The summed E-state index contributed by atoms with van der Waals surface area (Å²) in [5.41, 5.74) is 3.57. The SMILES string of the molecule is O=C(CN1CCc2nc3ccccc3c(C(=O)N3CCOCC3)c2C1)Nc1ccc(Cl)cc1O. The molecule has 3 aromatic rings. The van der Waals surface area contributed by atoms with Gasteiger partial charge in [0.25, 0.3) is 5.91 Å². The van der Waals surface area contributed by atoms with Crippen molar-refractivity contribution in [2.45, 2.75) is 13.0 Å². The van der Waals surface area contributed by atoms with Crippen molar-refractivity contribution in [2.75, 3.05) is 44.7 Å². The molecule has 0 aliphatic carbocycles. The average Bonchev–Trinajstić information content (AvgIpc) is 2.84. The Kier molecular flexibility index (Phi) is 6.36. The third-order valence-corrected chi connectivity index (χ3v) is 6.47. The van der Waals surface area contributed by atoms with Crippen LogP contribution in [0.4, 0.5) is 5.69 Å². The van der Waals surface area contributed by atoms with Crippen LogP contribution >= 0.6 is 11.6 Å². The van der Waals surface area contributed by atoms with Gasteiger partial charge in [-0.15, -0.1) is 0 Å².